The predicted octanol–water partition coefficient (Wildman–Crippen LogP) is 6.25. The molecule has 0 aliphatic heterocycles. The minimum atomic E-state index is 0.489. The number of anilines is 1. The third-order valence-electron chi connectivity index (χ3n) is 4.50. The van der Waals surface area contributed by atoms with Crippen LogP contribution in [0.3, 0.4) is 0 Å². The van der Waals surface area contributed by atoms with E-state index in [0.717, 1.165) is 26.7 Å². The fourth-order valence-electron chi connectivity index (χ4n) is 2.99. The molecule has 6 nitrogen and oxygen atoms in total. The molecule has 0 saturated carbocycles. The van der Waals surface area contributed by atoms with Crippen LogP contribution >= 0.6 is 22.9 Å². The summed E-state index contributed by atoms with van der Waals surface area (Å²) in [5, 5.41) is 5.64. The van der Waals surface area contributed by atoms with Gasteiger partial charge in [0.05, 0.1) is 36.8 Å². The van der Waals surface area contributed by atoms with Crippen LogP contribution in [0.2, 0.25) is 5.02 Å². The van der Waals surface area contributed by atoms with Crippen LogP contribution in [0.15, 0.2) is 71.8 Å². The molecule has 0 atom stereocenters. The van der Waals surface area contributed by atoms with Gasteiger partial charge in [0, 0.05) is 17.0 Å². The van der Waals surface area contributed by atoms with Crippen LogP contribution in [-0.4, -0.2) is 31.5 Å². The first-order valence-electron chi connectivity index (χ1n) is 10.1. The smallest absolute Gasteiger partial charge is 0.204 e. The van der Waals surface area contributed by atoms with Crippen molar-refractivity contribution in [2.45, 2.75) is 6.42 Å². The number of methoxy groups -OCH3 is 1. The first-order valence-corrected chi connectivity index (χ1v) is 11.3. The number of hydrogen-bond donors (Lipinski definition) is 1. The molecule has 3 aromatic carbocycles. The van der Waals surface area contributed by atoms with Gasteiger partial charge < -0.3 is 14.2 Å². The third kappa shape index (κ3) is 5.69. The van der Waals surface area contributed by atoms with Crippen molar-refractivity contribution in [3.63, 3.8) is 0 Å². The topological polar surface area (TPSA) is 65.0 Å². The van der Waals surface area contributed by atoms with Crippen LogP contribution in [0, 0.1) is 0 Å². The zero-order chi connectivity index (χ0) is 22.2. The maximum Gasteiger partial charge on any atom is 0.204 e. The summed E-state index contributed by atoms with van der Waals surface area (Å²) in [5.41, 5.74) is 4.70. The fourth-order valence-corrected chi connectivity index (χ4v) is 3.99. The molecule has 0 radical (unpaired) electrons. The van der Waals surface area contributed by atoms with Crippen molar-refractivity contribution in [3.8, 4) is 17.2 Å². The van der Waals surface area contributed by atoms with Gasteiger partial charge in [-0.3, -0.25) is 5.43 Å². The molecule has 4 rings (SSSR count). The molecular weight excluding hydrogens is 446 g/mol. The average molecular weight is 468 g/mol. The summed E-state index contributed by atoms with van der Waals surface area (Å²) >= 11 is 7.71. The third-order valence-corrected chi connectivity index (χ3v) is 5.68. The van der Waals surface area contributed by atoms with Crippen LogP contribution in [0.5, 0.6) is 17.2 Å². The zero-order valence-electron chi connectivity index (χ0n) is 17.5. The monoisotopic (exact) mass is 467 g/mol. The molecule has 1 heterocycles. The number of nitrogens with zero attached hydrogens (tertiary/aromatic N) is 2. The van der Waals surface area contributed by atoms with Crippen LogP contribution in [-0.2, 0) is 0 Å². The Labute approximate surface area is 195 Å². The molecular formula is C24H22ClN3O3S. The van der Waals surface area contributed by atoms with E-state index in [1.54, 1.807) is 30.7 Å². The van der Waals surface area contributed by atoms with Crippen molar-refractivity contribution in [1.29, 1.82) is 0 Å². The SMILES string of the molecule is COc1ccccc1OCCCOc1ccc(Cl)cc1/C=N\Nc1nc2ccccc2s1. The minimum absolute atomic E-state index is 0.489. The Hall–Kier alpha value is -3.29. The number of aromatic nitrogens is 1. The van der Waals surface area contributed by atoms with E-state index >= 15 is 0 Å². The number of benzene rings is 3. The summed E-state index contributed by atoms with van der Waals surface area (Å²) in [6, 6.07) is 21.0. The Morgan fingerprint density at radius 3 is 2.53 bits per heavy atom. The normalized spacial score (nSPS) is 11.1. The Morgan fingerprint density at radius 2 is 1.72 bits per heavy atom. The molecule has 0 fully saturated rings. The maximum absolute atomic E-state index is 6.17. The van der Waals surface area contributed by atoms with Gasteiger partial charge in [0.15, 0.2) is 11.5 Å². The highest BCUT2D eigenvalue weighted by molar-refractivity contribution is 7.22. The largest absolute Gasteiger partial charge is 0.493 e. The highest BCUT2D eigenvalue weighted by Gasteiger charge is 2.06. The number of para-hydroxylation sites is 3. The molecule has 4 aromatic rings. The second-order valence-electron chi connectivity index (χ2n) is 6.74. The molecule has 0 aliphatic rings. The molecule has 0 amide bonds. The zero-order valence-corrected chi connectivity index (χ0v) is 19.0. The van der Waals surface area contributed by atoms with Crippen molar-refractivity contribution >= 4 is 44.5 Å². The molecule has 164 valence electrons. The van der Waals surface area contributed by atoms with Crippen molar-refractivity contribution in [2.75, 3.05) is 25.7 Å². The van der Waals surface area contributed by atoms with Crippen molar-refractivity contribution < 1.29 is 14.2 Å². The van der Waals surface area contributed by atoms with Gasteiger partial charge in [0.1, 0.15) is 5.75 Å². The summed E-state index contributed by atoms with van der Waals surface area (Å²) < 4.78 is 18.1. The van der Waals surface area contributed by atoms with E-state index in [1.165, 1.54) is 0 Å². The second-order valence-corrected chi connectivity index (χ2v) is 8.21. The molecule has 0 spiro atoms. The van der Waals surface area contributed by atoms with E-state index in [-0.39, 0.29) is 0 Å². The molecule has 8 heteroatoms. The Morgan fingerprint density at radius 1 is 0.969 bits per heavy atom. The van der Waals surface area contributed by atoms with E-state index in [0.29, 0.717) is 36.2 Å². The van der Waals surface area contributed by atoms with E-state index in [1.807, 2.05) is 60.7 Å². The van der Waals surface area contributed by atoms with Crippen molar-refractivity contribution in [2.24, 2.45) is 5.10 Å². The van der Waals surface area contributed by atoms with Gasteiger partial charge in [-0.15, -0.1) is 0 Å². The minimum Gasteiger partial charge on any atom is -0.493 e. The highest BCUT2D eigenvalue weighted by Crippen LogP contribution is 2.27. The number of fused-ring (bicyclic) bond motifs is 1. The van der Waals surface area contributed by atoms with Gasteiger partial charge in [0.25, 0.3) is 0 Å². The van der Waals surface area contributed by atoms with Crippen molar-refractivity contribution in [3.05, 3.63) is 77.3 Å². The Kier molecular flexibility index (Phi) is 7.42. The first kappa shape index (κ1) is 21.9. The fraction of sp³-hybridized carbons (Fsp3) is 0.167. The molecule has 0 aliphatic carbocycles. The Balaban J connectivity index is 1.32. The van der Waals surface area contributed by atoms with Gasteiger partial charge in [-0.25, -0.2) is 4.98 Å². The van der Waals surface area contributed by atoms with E-state index < -0.39 is 0 Å². The number of hydrazone groups is 1. The maximum atomic E-state index is 6.17. The molecule has 0 bridgehead atoms. The van der Waals surface area contributed by atoms with Gasteiger partial charge >= 0.3 is 0 Å². The van der Waals surface area contributed by atoms with Crippen molar-refractivity contribution in [1.82, 2.24) is 4.98 Å². The summed E-state index contributed by atoms with van der Waals surface area (Å²) in [7, 11) is 1.63. The number of nitrogens with one attached hydrogen (secondary N) is 1. The standard InChI is InChI=1S/C24H22ClN3O3S/c1-29-21-8-3-4-9-22(21)31-14-6-13-30-20-12-11-18(25)15-17(20)16-26-28-24-27-19-7-2-5-10-23(19)32-24/h2-5,7-12,15-16H,6,13-14H2,1H3,(H,27,28)/b26-16-. The number of hydrogen-bond acceptors (Lipinski definition) is 7. The molecule has 0 saturated heterocycles. The summed E-state index contributed by atoms with van der Waals surface area (Å²) in [6.45, 7) is 0.999. The second kappa shape index (κ2) is 10.8. The number of ether oxygens (including phenoxy) is 3. The molecule has 1 aromatic heterocycles. The van der Waals surface area contributed by atoms with Gasteiger partial charge in [0.2, 0.25) is 5.13 Å². The lowest BCUT2D eigenvalue weighted by atomic mass is 10.2. The summed E-state index contributed by atoms with van der Waals surface area (Å²) in [6.07, 6.45) is 2.39. The summed E-state index contributed by atoms with van der Waals surface area (Å²) in [4.78, 5) is 4.50. The van der Waals surface area contributed by atoms with Gasteiger partial charge in [-0.1, -0.05) is 47.2 Å². The molecule has 0 unspecified atom stereocenters. The lowest BCUT2D eigenvalue weighted by Gasteiger charge is -2.12. The molecule has 32 heavy (non-hydrogen) atoms. The van der Waals surface area contributed by atoms with Crippen LogP contribution in [0.1, 0.15) is 12.0 Å². The summed E-state index contributed by atoms with van der Waals surface area (Å²) in [5.74, 6) is 2.13. The lowest BCUT2D eigenvalue weighted by Crippen LogP contribution is -2.06. The molecule has 1 N–H and O–H groups in total. The predicted molar refractivity (Wildman–Crippen MR) is 131 cm³/mol. The van der Waals surface area contributed by atoms with Crippen LogP contribution in [0.4, 0.5) is 5.13 Å². The van der Waals surface area contributed by atoms with E-state index in [2.05, 4.69) is 15.5 Å². The van der Waals surface area contributed by atoms with E-state index in [9.17, 15) is 0 Å². The van der Waals surface area contributed by atoms with Gasteiger partial charge in [-0.05, 0) is 42.5 Å². The number of halogens is 1. The number of thiazole rings is 1. The lowest BCUT2D eigenvalue weighted by molar-refractivity contribution is 0.240. The first-order chi connectivity index (χ1) is 15.7. The van der Waals surface area contributed by atoms with Crippen LogP contribution < -0.4 is 19.6 Å². The number of rotatable bonds is 10. The highest BCUT2D eigenvalue weighted by atomic mass is 35.5. The average Bonchev–Trinajstić information content (AvgIpc) is 3.23. The quantitative estimate of drug-likeness (QED) is 0.169. The van der Waals surface area contributed by atoms with Gasteiger partial charge in [-0.2, -0.15) is 5.10 Å². The van der Waals surface area contributed by atoms with E-state index in [4.69, 9.17) is 25.8 Å². The van der Waals surface area contributed by atoms with Crippen LogP contribution in [0.25, 0.3) is 10.2 Å². The Bertz CT molecular complexity index is 1180.